The van der Waals surface area contributed by atoms with Crippen LogP contribution in [0.4, 0.5) is 10.9 Å². The monoisotopic (exact) mass is 341 g/mol. The fraction of sp³-hybridized carbons (Fsp3) is 0.538. The topological polar surface area (TPSA) is 92.9 Å². The van der Waals surface area contributed by atoms with E-state index in [4.69, 9.17) is 4.52 Å². The normalized spacial score (nSPS) is 13.0. The number of rotatable bonds is 5. The summed E-state index contributed by atoms with van der Waals surface area (Å²) in [6, 6.07) is 1.67. The molecule has 0 aliphatic rings. The number of carbonyl (C=O) groups is 1. The van der Waals surface area contributed by atoms with Crippen molar-refractivity contribution < 1.29 is 9.32 Å². The van der Waals surface area contributed by atoms with Crippen molar-refractivity contribution >= 4 is 40.0 Å². The second-order valence-corrected chi connectivity index (χ2v) is 8.39. The lowest BCUT2D eigenvalue weighted by Gasteiger charge is -2.18. The first kappa shape index (κ1) is 16.8. The largest absolute Gasteiger partial charge is 0.360 e. The number of aryl methyl sites for hydroxylation is 1. The van der Waals surface area contributed by atoms with Crippen LogP contribution in [0.2, 0.25) is 0 Å². The number of hydrogen-bond donors (Lipinski definition) is 2. The average molecular weight is 341 g/mol. The molecule has 0 saturated carbocycles. The molecular formula is C13H19N5O2S2. The minimum atomic E-state index is -0.313. The van der Waals surface area contributed by atoms with Crippen LogP contribution in [0.25, 0.3) is 0 Å². The smallest absolute Gasteiger partial charge is 0.238 e. The first-order valence-electron chi connectivity index (χ1n) is 6.75. The highest BCUT2D eigenvalue weighted by molar-refractivity contribution is 8.02. The van der Waals surface area contributed by atoms with Gasteiger partial charge in [0.15, 0.2) is 10.2 Å². The van der Waals surface area contributed by atoms with Crippen molar-refractivity contribution in [3.8, 4) is 0 Å². The van der Waals surface area contributed by atoms with Gasteiger partial charge in [-0.15, -0.1) is 10.2 Å². The molecule has 0 aromatic carbocycles. The molecule has 0 spiro atoms. The highest BCUT2D eigenvalue weighted by atomic mass is 32.2. The van der Waals surface area contributed by atoms with Gasteiger partial charge in [0, 0.05) is 11.6 Å². The molecule has 0 unspecified atom stereocenters. The summed E-state index contributed by atoms with van der Waals surface area (Å²) in [4.78, 5) is 12.1. The molecule has 0 fully saturated rings. The van der Waals surface area contributed by atoms with Gasteiger partial charge in [0.2, 0.25) is 11.0 Å². The number of carbonyl (C=O) groups excluding carboxylic acids is 1. The van der Waals surface area contributed by atoms with E-state index in [1.54, 1.807) is 13.0 Å². The van der Waals surface area contributed by atoms with Crippen molar-refractivity contribution in [2.24, 2.45) is 0 Å². The van der Waals surface area contributed by atoms with Gasteiger partial charge in [-0.1, -0.05) is 28.3 Å². The van der Waals surface area contributed by atoms with Crippen LogP contribution in [0.3, 0.4) is 0 Å². The van der Waals surface area contributed by atoms with E-state index in [1.807, 2.05) is 6.92 Å². The molecule has 2 aromatic heterocycles. The van der Waals surface area contributed by atoms with Crippen LogP contribution < -0.4 is 10.6 Å². The maximum Gasteiger partial charge on any atom is 0.238 e. The van der Waals surface area contributed by atoms with Crippen molar-refractivity contribution in [2.75, 3.05) is 10.6 Å². The Morgan fingerprint density at radius 2 is 2.14 bits per heavy atom. The highest BCUT2D eigenvalue weighted by Crippen LogP contribution is 2.30. The molecule has 1 amide bonds. The van der Waals surface area contributed by atoms with E-state index in [1.165, 1.54) is 23.1 Å². The number of nitrogens with zero attached hydrogens (tertiary/aromatic N) is 3. The molecule has 2 heterocycles. The molecule has 0 radical (unpaired) electrons. The molecule has 22 heavy (non-hydrogen) atoms. The van der Waals surface area contributed by atoms with Crippen LogP contribution in [-0.4, -0.2) is 32.1 Å². The van der Waals surface area contributed by atoms with E-state index in [0.717, 1.165) is 9.47 Å². The van der Waals surface area contributed by atoms with Crippen molar-refractivity contribution in [1.29, 1.82) is 0 Å². The van der Waals surface area contributed by atoms with Gasteiger partial charge in [-0.25, -0.2) is 0 Å². The van der Waals surface area contributed by atoms with Crippen LogP contribution in [-0.2, 0) is 4.79 Å². The molecule has 9 heteroatoms. The number of nitrogens with one attached hydrogen (secondary N) is 2. The molecule has 2 aromatic rings. The van der Waals surface area contributed by atoms with Gasteiger partial charge in [0.1, 0.15) is 5.76 Å². The van der Waals surface area contributed by atoms with Crippen molar-refractivity contribution in [2.45, 2.75) is 49.7 Å². The summed E-state index contributed by atoms with van der Waals surface area (Å²) in [5, 5.41) is 18.3. The van der Waals surface area contributed by atoms with E-state index >= 15 is 0 Å². The van der Waals surface area contributed by atoms with Crippen molar-refractivity contribution in [3.05, 3.63) is 11.8 Å². The van der Waals surface area contributed by atoms with Crippen LogP contribution in [0.1, 0.15) is 33.5 Å². The Hall–Kier alpha value is -1.61. The van der Waals surface area contributed by atoms with Crippen LogP contribution in [0.5, 0.6) is 0 Å². The molecular weight excluding hydrogens is 322 g/mol. The van der Waals surface area contributed by atoms with Gasteiger partial charge in [0.25, 0.3) is 0 Å². The minimum Gasteiger partial charge on any atom is -0.360 e. The molecule has 0 bridgehead atoms. The summed E-state index contributed by atoms with van der Waals surface area (Å²) in [7, 11) is 0. The number of aromatic nitrogens is 3. The van der Waals surface area contributed by atoms with Crippen LogP contribution in [0, 0.1) is 6.92 Å². The van der Waals surface area contributed by atoms with E-state index in [0.29, 0.717) is 11.6 Å². The Balaban J connectivity index is 1.91. The fourth-order valence-electron chi connectivity index (χ4n) is 1.49. The summed E-state index contributed by atoms with van der Waals surface area (Å²) in [6.45, 7) is 9.74. The predicted molar refractivity (Wildman–Crippen MR) is 88.5 cm³/mol. The lowest BCUT2D eigenvalue weighted by atomic mass is 10.1. The summed E-state index contributed by atoms with van der Waals surface area (Å²) in [5.41, 5.74) is -0.0741. The fourth-order valence-corrected chi connectivity index (χ4v) is 3.59. The molecule has 1 atom stereocenters. The molecule has 0 aliphatic heterocycles. The van der Waals surface area contributed by atoms with Crippen molar-refractivity contribution in [1.82, 2.24) is 15.4 Å². The molecule has 7 nitrogen and oxygen atoms in total. The van der Waals surface area contributed by atoms with Crippen LogP contribution >= 0.6 is 23.1 Å². The minimum absolute atomic E-state index is 0.0741. The van der Waals surface area contributed by atoms with Crippen LogP contribution in [0.15, 0.2) is 14.9 Å². The first-order valence-corrected chi connectivity index (χ1v) is 8.45. The van der Waals surface area contributed by atoms with Gasteiger partial charge in [-0.2, -0.15) is 0 Å². The third-order valence-electron chi connectivity index (χ3n) is 2.41. The molecule has 0 aliphatic carbocycles. The number of amides is 1. The maximum atomic E-state index is 12.1. The molecule has 0 saturated heterocycles. The second-order valence-electron chi connectivity index (χ2n) is 5.82. The summed E-state index contributed by atoms with van der Waals surface area (Å²) >= 11 is 2.79. The SMILES string of the molecule is Cc1cc(NC(=O)[C@H](C)Sc2nnc(NC(C)(C)C)s2)no1. The Bertz CT molecular complexity index is 647. The van der Waals surface area contributed by atoms with Gasteiger partial charge in [-0.3, -0.25) is 4.79 Å². The molecule has 2 N–H and O–H groups in total. The third kappa shape index (κ3) is 4.99. The highest BCUT2D eigenvalue weighted by Gasteiger charge is 2.19. The lowest BCUT2D eigenvalue weighted by molar-refractivity contribution is -0.115. The number of thioether (sulfide) groups is 1. The zero-order valence-electron chi connectivity index (χ0n) is 13.1. The number of anilines is 2. The zero-order chi connectivity index (χ0) is 16.3. The lowest BCUT2D eigenvalue weighted by Crippen LogP contribution is -2.25. The second kappa shape index (κ2) is 6.66. The zero-order valence-corrected chi connectivity index (χ0v) is 14.8. The Kier molecular flexibility index (Phi) is 5.07. The molecule has 120 valence electrons. The quantitative estimate of drug-likeness (QED) is 0.807. The average Bonchev–Trinajstić information content (AvgIpc) is 2.97. The van der Waals surface area contributed by atoms with E-state index in [9.17, 15) is 4.79 Å². The standard InChI is InChI=1S/C13H19N5O2S2/c1-7-6-9(18-20-7)14-10(19)8(2)21-12-17-16-11(22-12)15-13(3,4)5/h6,8H,1-5H3,(H,15,16)(H,14,18,19)/t8-/m0/s1. The first-order chi connectivity index (χ1) is 10.2. The maximum absolute atomic E-state index is 12.1. The Labute approximate surface area is 137 Å². The van der Waals surface area contributed by atoms with E-state index in [-0.39, 0.29) is 16.7 Å². The van der Waals surface area contributed by atoms with E-state index < -0.39 is 0 Å². The van der Waals surface area contributed by atoms with Gasteiger partial charge in [0.05, 0.1) is 5.25 Å². The van der Waals surface area contributed by atoms with Gasteiger partial charge >= 0.3 is 0 Å². The summed E-state index contributed by atoms with van der Waals surface area (Å²) in [5.74, 6) is 0.916. The molecule has 2 rings (SSSR count). The number of hydrogen-bond acceptors (Lipinski definition) is 8. The summed E-state index contributed by atoms with van der Waals surface area (Å²) < 4.78 is 5.65. The van der Waals surface area contributed by atoms with Crippen molar-refractivity contribution in [3.63, 3.8) is 0 Å². The summed E-state index contributed by atoms with van der Waals surface area (Å²) in [6.07, 6.45) is 0. The third-order valence-corrected chi connectivity index (χ3v) is 4.44. The van der Waals surface area contributed by atoms with Gasteiger partial charge in [-0.05, 0) is 34.6 Å². The predicted octanol–water partition coefficient (Wildman–Crippen LogP) is 3.16. The van der Waals surface area contributed by atoms with Gasteiger partial charge < -0.3 is 15.2 Å². The van der Waals surface area contributed by atoms with E-state index in [2.05, 4.69) is 46.8 Å². The Morgan fingerprint density at radius 3 is 2.73 bits per heavy atom. The Morgan fingerprint density at radius 1 is 1.41 bits per heavy atom.